The van der Waals surface area contributed by atoms with E-state index in [1.807, 2.05) is 0 Å². The van der Waals surface area contributed by atoms with Gasteiger partial charge in [0, 0.05) is 55.9 Å². The van der Waals surface area contributed by atoms with Gasteiger partial charge in [-0.2, -0.15) is 4.98 Å². The molecule has 0 unspecified atom stereocenters. The van der Waals surface area contributed by atoms with Crippen LogP contribution < -0.4 is 19.8 Å². The summed E-state index contributed by atoms with van der Waals surface area (Å²) in [5.74, 6) is 1.17. The van der Waals surface area contributed by atoms with Gasteiger partial charge in [0.15, 0.2) is 11.5 Å². The molecule has 0 bridgehead atoms. The van der Waals surface area contributed by atoms with Crippen LogP contribution >= 0.6 is 0 Å². The Morgan fingerprint density at radius 1 is 1.14 bits per heavy atom. The molecule has 0 aliphatic carbocycles. The number of carbonyl (C=O) groups is 1. The summed E-state index contributed by atoms with van der Waals surface area (Å²) in [5.41, 5.74) is 1.02. The monoisotopic (exact) mass is 496 g/mol. The highest BCUT2D eigenvalue weighted by Crippen LogP contribution is 2.30. The average molecular weight is 497 g/mol. The smallest absolute Gasteiger partial charge is 0.407 e. The van der Waals surface area contributed by atoms with E-state index in [0.29, 0.717) is 62.0 Å². The number of carboxylic acid groups (broad SMARTS) is 1. The summed E-state index contributed by atoms with van der Waals surface area (Å²) >= 11 is 0. The van der Waals surface area contributed by atoms with Crippen molar-refractivity contribution in [1.29, 1.82) is 0 Å². The summed E-state index contributed by atoms with van der Waals surface area (Å²) < 4.78 is 17.8. The minimum absolute atomic E-state index is 0.119. The molecule has 12 heteroatoms. The Morgan fingerprint density at radius 3 is 2.67 bits per heavy atom. The van der Waals surface area contributed by atoms with Crippen molar-refractivity contribution < 1.29 is 24.1 Å². The van der Waals surface area contributed by atoms with E-state index in [1.165, 1.54) is 18.1 Å². The molecular weight excluding hydrogens is 468 g/mol. The Bertz CT molecular complexity index is 1310. The van der Waals surface area contributed by atoms with Gasteiger partial charge in [-0.25, -0.2) is 9.78 Å². The molecule has 36 heavy (non-hydrogen) atoms. The van der Waals surface area contributed by atoms with Crippen LogP contribution in [-0.4, -0.2) is 86.5 Å². The lowest BCUT2D eigenvalue weighted by atomic mass is 10.0. The molecule has 12 nitrogen and oxygen atoms in total. The Kier molecular flexibility index (Phi) is 6.85. The second-order valence-corrected chi connectivity index (χ2v) is 8.76. The van der Waals surface area contributed by atoms with Gasteiger partial charge in [0.2, 0.25) is 0 Å². The fraction of sp³-hybridized carbons (Fsp3) is 0.458. The number of ether oxygens (including phenoxy) is 3. The largest absolute Gasteiger partial charge is 0.486 e. The van der Waals surface area contributed by atoms with Crippen LogP contribution in [0.4, 0.5) is 4.79 Å². The van der Waals surface area contributed by atoms with E-state index in [1.54, 1.807) is 29.1 Å². The minimum atomic E-state index is -0.971. The quantitative estimate of drug-likeness (QED) is 0.514. The Morgan fingerprint density at radius 2 is 1.92 bits per heavy atom. The summed E-state index contributed by atoms with van der Waals surface area (Å²) in [6.45, 7) is 3.68. The van der Waals surface area contributed by atoms with Crippen molar-refractivity contribution in [1.82, 2.24) is 29.3 Å². The molecule has 2 aliphatic rings. The fourth-order valence-electron chi connectivity index (χ4n) is 4.67. The maximum absolute atomic E-state index is 12.5. The molecule has 190 valence electrons. The van der Waals surface area contributed by atoms with Crippen molar-refractivity contribution >= 4 is 17.1 Å². The number of hydrogen-bond donors (Lipinski definition) is 1. The first-order valence-corrected chi connectivity index (χ1v) is 11.9. The van der Waals surface area contributed by atoms with Crippen molar-refractivity contribution in [3.05, 3.63) is 46.6 Å². The molecule has 2 aliphatic heterocycles. The first-order valence-electron chi connectivity index (χ1n) is 11.9. The molecule has 0 aromatic carbocycles. The van der Waals surface area contributed by atoms with Gasteiger partial charge in [-0.1, -0.05) is 0 Å². The zero-order valence-corrected chi connectivity index (χ0v) is 20.0. The predicted octanol–water partition coefficient (Wildman–Crippen LogP) is 1.61. The summed E-state index contributed by atoms with van der Waals surface area (Å²) in [4.78, 5) is 41.1. The van der Waals surface area contributed by atoms with Crippen LogP contribution in [0.1, 0.15) is 18.5 Å². The molecular formula is C24H28N6O6. The standard InChI is InChI=1S/C24H28N6O6/c1-34-23-26-13-16-2-3-21(31)29(22(16)27-23)9-8-28-6-4-18(5-7-28)30(24(32)33)15-17-12-19-20(14-25-17)36-11-10-35-19/h2-3,12-14,18H,4-11,15H2,1H3,(H,32,33). The van der Waals surface area contributed by atoms with Gasteiger partial charge >= 0.3 is 12.1 Å². The van der Waals surface area contributed by atoms with Gasteiger partial charge in [-0.15, -0.1) is 0 Å². The van der Waals surface area contributed by atoms with Gasteiger partial charge in [0.25, 0.3) is 5.56 Å². The summed E-state index contributed by atoms with van der Waals surface area (Å²) in [6.07, 6.45) is 3.64. The molecule has 0 radical (unpaired) electrons. The first kappa shape index (κ1) is 23.8. The number of likely N-dealkylation sites (tertiary alicyclic amines) is 1. The summed E-state index contributed by atoms with van der Waals surface area (Å²) in [7, 11) is 1.49. The second kappa shape index (κ2) is 10.4. The Balaban J connectivity index is 1.21. The van der Waals surface area contributed by atoms with Gasteiger partial charge in [0.05, 0.1) is 25.5 Å². The number of hydrogen-bond acceptors (Lipinski definition) is 9. The van der Waals surface area contributed by atoms with Crippen LogP contribution in [0.5, 0.6) is 17.5 Å². The lowest BCUT2D eigenvalue weighted by Gasteiger charge is -2.37. The van der Waals surface area contributed by atoms with E-state index < -0.39 is 6.09 Å². The van der Waals surface area contributed by atoms with Crippen LogP contribution in [0, 0.1) is 0 Å². The number of pyridine rings is 2. The third kappa shape index (κ3) is 5.03. The van der Waals surface area contributed by atoms with Crippen LogP contribution in [-0.2, 0) is 13.1 Å². The van der Waals surface area contributed by atoms with E-state index in [9.17, 15) is 14.7 Å². The fourth-order valence-corrected chi connectivity index (χ4v) is 4.67. The number of methoxy groups -OCH3 is 1. The van der Waals surface area contributed by atoms with Crippen molar-refractivity contribution in [3.8, 4) is 17.5 Å². The summed E-state index contributed by atoms with van der Waals surface area (Å²) in [6, 6.07) is 5.06. The van der Waals surface area contributed by atoms with E-state index >= 15 is 0 Å². The van der Waals surface area contributed by atoms with Gasteiger partial charge < -0.3 is 24.2 Å². The SMILES string of the molecule is COc1ncc2ccc(=O)n(CCN3CCC(N(Cc4cc5c(cn4)OCCO5)C(=O)O)CC3)c2n1. The van der Waals surface area contributed by atoms with Gasteiger partial charge in [-0.05, 0) is 18.9 Å². The van der Waals surface area contributed by atoms with Crippen molar-refractivity contribution in [3.63, 3.8) is 0 Å². The highest BCUT2D eigenvalue weighted by molar-refractivity contribution is 5.74. The minimum Gasteiger partial charge on any atom is -0.486 e. The van der Waals surface area contributed by atoms with E-state index in [0.717, 1.165) is 18.5 Å². The Labute approximate surface area is 207 Å². The molecule has 1 N–H and O–H groups in total. The molecule has 3 aromatic rings. The van der Waals surface area contributed by atoms with Crippen LogP contribution in [0.25, 0.3) is 11.0 Å². The van der Waals surface area contributed by atoms with Crippen molar-refractivity contribution in [2.75, 3.05) is 40.0 Å². The first-order chi connectivity index (χ1) is 17.5. The highest BCUT2D eigenvalue weighted by Gasteiger charge is 2.29. The Hall–Kier alpha value is -3.93. The summed E-state index contributed by atoms with van der Waals surface area (Å²) in [5, 5.41) is 10.6. The molecule has 0 saturated carbocycles. The number of fused-ring (bicyclic) bond motifs is 2. The number of aromatic nitrogens is 4. The average Bonchev–Trinajstić information content (AvgIpc) is 2.91. The molecule has 5 heterocycles. The predicted molar refractivity (Wildman–Crippen MR) is 129 cm³/mol. The number of piperidine rings is 1. The zero-order valence-electron chi connectivity index (χ0n) is 20.0. The number of nitrogens with zero attached hydrogens (tertiary/aromatic N) is 6. The lowest BCUT2D eigenvalue weighted by molar-refractivity contribution is 0.0848. The lowest BCUT2D eigenvalue weighted by Crippen LogP contribution is -2.47. The van der Waals surface area contributed by atoms with Gasteiger partial charge in [0.1, 0.15) is 18.9 Å². The van der Waals surface area contributed by atoms with Crippen molar-refractivity contribution in [2.24, 2.45) is 0 Å². The maximum Gasteiger partial charge on any atom is 0.407 e. The number of rotatable bonds is 7. The van der Waals surface area contributed by atoms with Crippen LogP contribution in [0.15, 0.2) is 35.4 Å². The molecule has 1 amide bonds. The normalized spacial score (nSPS) is 16.1. The third-order valence-corrected chi connectivity index (χ3v) is 6.59. The molecule has 0 spiro atoms. The van der Waals surface area contributed by atoms with Crippen molar-refractivity contribution in [2.45, 2.75) is 32.0 Å². The van der Waals surface area contributed by atoms with Gasteiger partial charge in [-0.3, -0.25) is 19.2 Å². The van der Waals surface area contributed by atoms with Crippen LogP contribution in [0.3, 0.4) is 0 Å². The van der Waals surface area contributed by atoms with E-state index in [-0.39, 0.29) is 24.2 Å². The zero-order chi connectivity index (χ0) is 25.1. The molecule has 0 atom stereocenters. The maximum atomic E-state index is 12.5. The number of amides is 1. The second-order valence-electron chi connectivity index (χ2n) is 8.76. The molecule has 1 fully saturated rings. The topological polar surface area (TPSA) is 132 Å². The highest BCUT2D eigenvalue weighted by atomic mass is 16.6. The molecule has 3 aromatic heterocycles. The van der Waals surface area contributed by atoms with E-state index in [4.69, 9.17) is 14.2 Å². The molecule has 1 saturated heterocycles. The molecule has 5 rings (SSSR count). The van der Waals surface area contributed by atoms with E-state index in [2.05, 4.69) is 19.9 Å². The third-order valence-electron chi connectivity index (χ3n) is 6.59. The van der Waals surface area contributed by atoms with Crippen LogP contribution in [0.2, 0.25) is 0 Å².